The van der Waals surface area contributed by atoms with Gasteiger partial charge in [0.25, 0.3) is 5.91 Å². The van der Waals surface area contributed by atoms with Crippen LogP contribution in [0.1, 0.15) is 13.0 Å². The van der Waals surface area contributed by atoms with E-state index in [1.807, 2.05) is 37.3 Å². The summed E-state index contributed by atoms with van der Waals surface area (Å²) in [5, 5.41) is 4.13. The largest absolute Gasteiger partial charge is 0.490 e. The molecule has 1 atom stereocenters. The average molecular weight is 257 g/mol. The minimum Gasteiger partial charge on any atom is -0.490 e. The molecule has 1 aromatic carbocycles. The highest BCUT2D eigenvalue weighted by Gasteiger charge is 2.27. The number of anilines is 1. The van der Waals surface area contributed by atoms with Gasteiger partial charge in [-0.3, -0.25) is 9.48 Å². The van der Waals surface area contributed by atoms with Gasteiger partial charge in [0, 0.05) is 12.4 Å². The number of ether oxygens (including phenoxy) is 1. The van der Waals surface area contributed by atoms with Gasteiger partial charge in [0.1, 0.15) is 18.4 Å². The molecule has 0 aliphatic carbocycles. The summed E-state index contributed by atoms with van der Waals surface area (Å²) >= 11 is 0. The van der Waals surface area contributed by atoms with E-state index < -0.39 is 0 Å². The average Bonchev–Trinajstić information content (AvgIpc) is 2.99. The summed E-state index contributed by atoms with van der Waals surface area (Å²) in [7, 11) is 0. The second-order valence-electron chi connectivity index (χ2n) is 4.47. The Bertz CT molecular complexity index is 580. The number of hydrogen-bond donors (Lipinski definition) is 0. The molecule has 2 heterocycles. The minimum absolute atomic E-state index is 0.0273. The van der Waals surface area contributed by atoms with Gasteiger partial charge in [0.2, 0.25) is 0 Å². The minimum atomic E-state index is -0.318. The lowest BCUT2D eigenvalue weighted by molar-refractivity contribution is -0.121. The molecule has 0 radical (unpaired) electrons. The predicted molar refractivity (Wildman–Crippen MR) is 71.2 cm³/mol. The number of nitrogens with zero attached hydrogens (tertiary/aromatic N) is 3. The van der Waals surface area contributed by atoms with Gasteiger partial charge < -0.3 is 9.64 Å². The first kappa shape index (κ1) is 11.8. The predicted octanol–water partition coefficient (Wildman–Crippen LogP) is 1.87. The first-order valence-electron chi connectivity index (χ1n) is 6.30. The van der Waals surface area contributed by atoms with Crippen LogP contribution in [0, 0.1) is 0 Å². The lowest BCUT2D eigenvalue weighted by Gasteiger charge is -2.31. The Hall–Kier alpha value is -2.30. The van der Waals surface area contributed by atoms with Gasteiger partial charge in [-0.05, 0) is 25.1 Å². The zero-order chi connectivity index (χ0) is 13.2. The van der Waals surface area contributed by atoms with E-state index in [0.717, 1.165) is 11.4 Å². The van der Waals surface area contributed by atoms with Crippen LogP contribution in [0.15, 0.2) is 42.7 Å². The van der Waals surface area contributed by atoms with E-state index in [4.69, 9.17) is 4.74 Å². The van der Waals surface area contributed by atoms with Crippen molar-refractivity contribution < 1.29 is 9.53 Å². The molecule has 0 saturated heterocycles. The smallest absolute Gasteiger partial charge is 0.251 e. The lowest BCUT2D eigenvalue weighted by atomic mass is 10.2. The van der Waals surface area contributed by atoms with Crippen LogP contribution >= 0.6 is 0 Å². The summed E-state index contributed by atoms with van der Waals surface area (Å²) in [6.45, 7) is 2.95. The van der Waals surface area contributed by atoms with Crippen LogP contribution in [0.4, 0.5) is 5.69 Å². The van der Waals surface area contributed by atoms with Gasteiger partial charge in [-0.1, -0.05) is 12.1 Å². The van der Waals surface area contributed by atoms with Crippen molar-refractivity contribution in [3.63, 3.8) is 0 Å². The van der Waals surface area contributed by atoms with Gasteiger partial charge in [-0.2, -0.15) is 5.10 Å². The number of hydrogen-bond acceptors (Lipinski definition) is 3. The molecule has 1 aliphatic heterocycles. The first-order valence-corrected chi connectivity index (χ1v) is 6.30. The fourth-order valence-electron chi connectivity index (χ4n) is 2.25. The quantitative estimate of drug-likeness (QED) is 0.825. The number of fused-ring (bicyclic) bond motifs is 1. The van der Waals surface area contributed by atoms with E-state index in [-0.39, 0.29) is 11.9 Å². The van der Waals surface area contributed by atoms with Crippen molar-refractivity contribution >= 4 is 11.6 Å². The van der Waals surface area contributed by atoms with Crippen molar-refractivity contribution in [1.29, 1.82) is 0 Å². The second kappa shape index (κ2) is 4.76. The molecule has 98 valence electrons. The van der Waals surface area contributed by atoms with Crippen LogP contribution in [0.5, 0.6) is 5.75 Å². The van der Waals surface area contributed by atoms with Gasteiger partial charge in [0.15, 0.2) is 0 Å². The van der Waals surface area contributed by atoms with Gasteiger partial charge >= 0.3 is 0 Å². The van der Waals surface area contributed by atoms with Crippen LogP contribution < -0.4 is 9.64 Å². The molecule has 1 unspecified atom stereocenters. The number of amides is 1. The molecule has 0 bridgehead atoms. The van der Waals surface area contributed by atoms with Gasteiger partial charge in [-0.25, -0.2) is 0 Å². The molecular weight excluding hydrogens is 242 g/mol. The molecule has 1 aromatic heterocycles. The van der Waals surface area contributed by atoms with E-state index in [1.54, 1.807) is 22.0 Å². The van der Waals surface area contributed by atoms with Crippen molar-refractivity contribution in [3.8, 4) is 5.75 Å². The molecule has 5 nitrogen and oxygen atoms in total. The van der Waals surface area contributed by atoms with Crippen molar-refractivity contribution in [3.05, 3.63) is 42.7 Å². The Morgan fingerprint density at radius 1 is 1.37 bits per heavy atom. The summed E-state index contributed by atoms with van der Waals surface area (Å²) in [5.74, 6) is 0.786. The SMILES string of the molecule is CC(C(=O)N1CCOc2ccccc21)n1cccn1. The Labute approximate surface area is 111 Å². The molecule has 1 aliphatic rings. The van der Waals surface area contributed by atoms with Crippen molar-refractivity contribution in [2.75, 3.05) is 18.1 Å². The summed E-state index contributed by atoms with van der Waals surface area (Å²) in [5.41, 5.74) is 0.831. The number of rotatable bonds is 2. The van der Waals surface area contributed by atoms with Crippen LogP contribution in [-0.4, -0.2) is 28.8 Å². The summed E-state index contributed by atoms with van der Waals surface area (Å²) in [6.07, 6.45) is 3.48. The second-order valence-corrected chi connectivity index (χ2v) is 4.47. The Morgan fingerprint density at radius 2 is 2.21 bits per heavy atom. The number of carbonyl (C=O) groups excluding carboxylic acids is 1. The number of para-hydroxylation sites is 2. The summed E-state index contributed by atoms with van der Waals surface area (Å²) in [6, 6.07) is 9.10. The molecule has 19 heavy (non-hydrogen) atoms. The maximum atomic E-state index is 12.6. The lowest BCUT2D eigenvalue weighted by Crippen LogP contribution is -2.41. The number of benzene rings is 1. The number of carbonyl (C=O) groups is 1. The molecule has 1 amide bonds. The fraction of sp³-hybridized carbons (Fsp3) is 0.286. The maximum absolute atomic E-state index is 12.6. The van der Waals surface area contributed by atoms with E-state index >= 15 is 0 Å². The highest BCUT2D eigenvalue weighted by Crippen LogP contribution is 2.32. The summed E-state index contributed by atoms with van der Waals surface area (Å²) in [4.78, 5) is 14.3. The molecule has 0 fully saturated rings. The highest BCUT2D eigenvalue weighted by molar-refractivity contribution is 5.97. The van der Waals surface area contributed by atoms with Crippen LogP contribution in [0.3, 0.4) is 0 Å². The van der Waals surface area contributed by atoms with Crippen LogP contribution in [0.25, 0.3) is 0 Å². The monoisotopic (exact) mass is 257 g/mol. The van der Waals surface area contributed by atoms with E-state index in [2.05, 4.69) is 5.10 Å². The van der Waals surface area contributed by atoms with Crippen LogP contribution in [-0.2, 0) is 4.79 Å². The zero-order valence-corrected chi connectivity index (χ0v) is 10.7. The first-order chi connectivity index (χ1) is 9.27. The van der Waals surface area contributed by atoms with Crippen molar-refractivity contribution in [1.82, 2.24) is 9.78 Å². The van der Waals surface area contributed by atoms with Crippen LogP contribution in [0.2, 0.25) is 0 Å². The number of aromatic nitrogens is 2. The van der Waals surface area contributed by atoms with E-state index in [9.17, 15) is 4.79 Å². The molecule has 5 heteroatoms. The molecule has 0 N–H and O–H groups in total. The Balaban J connectivity index is 1.89. The molecule has 3 rings (SSSR count). The Morgan fingerprint density at radius 3 is 3.00 bits per heavy atom. The third-order valence-electron chi connectivity index (χ3n) is 3.27. The molecule has 2 aromatic rings. The highest BCUT2D eigenvalue weighted by atomic mass is 16.5. The molecular formula is C14H15N3O2. The standard InChI is InChI=1S/C14H15N3O2/c1-11(17-8-4-7-15-17)14(18)16-9-10-19-13-6-3-2-5-12(13)16/h2-8,11H,9-10H2,1H3. The normalized spacial score (nSPS) is 15.5. The fourth-order valence-corrected chi connectivity index (χ4v) is 2.25. The van der Waals surface area contributed by atoms with Crippen molar-refractivity contribution in [2.45, 2.75) is 13.0 Å². The topological polar surface area (TPSA) is 47.4 Å². The van der Waals surface area contributed by atoms with Gasteiger partial charge in [-0.15, -0.1) is 0 Å². The van der Waals surface area contributed by atoms with Gasteiger partial charge in [0.05, 0.1) is 12.2 Å². The molecule has 0 saturated carbocycles. The third kappa shape index (κ3) is 2.07. The zero-order valence-electron chi connectivity index (χ0n) is 10.7. The summed E-state index contributed by atoms with van der Waals surface area (Å²) < 4.78 is 7.23. The third-order valence-corrected chi connectivity index (χ3v) is 3.27. The Kier molecular flexibility index (Phi) is 2.95. The maximum Gasteiger partial charge on any atom is 0.251 e. The molecule has 0 spiro atoms. The van der Waals surface area contributed by atoms with E-state index in [0.29, 0.717) is 13.2 Å². The van der Waals surface area contributed by atoms with Crippen molar-refractivity contribution in [2.24, 2.45) is 0 Å². The van der Waals surface area contributed by atoms with E-state index in [1.165, 1.54) is 0 Å².